The quantitative estimate of drug-likeness (QED) is 0.875. The summed E-state index contributed by atoms with van der Waals surface area (Å²) in [5, 5.41) is 3.07. The van der Waals surface area contributed by atoms with Gasteiger partial charge in [0.2, 0.25) is 11.8 Å². The van der Waals surface area contributed by atoms with E-state index >= 15 is 0 Å². The Labute approximate surface area is 133 Å². The molecule has 122 valence electrons. The zero-order valence-corrected chi connectivity index (χ0v) is 14.1. The summed E-state index contributed by atoms with van der Waals surface area (Å²) in [5.74, 6) is 0.674. The monoisotopic (exact) mass is 305 g/mol. The average Bonchev–Trinajstić information content (AvgIpc) is 2.83. The number of nitrogens with one attached hydrogen (secondary N) is 1. The van der Waals surface area contributed by atoms with Crippen molar-refractivity contribution in [2.75, 3.05) is 20.2 Å². The zero-order valence-electron chi connectivity index (χ0n) is 14.1. The molecule has 2 heterocycles. The van der Waals surface area contributed by atoms with Gasteiger partial charge in [-0.2, -0.15) is 0 Å². The van der Waals surface area contributed by atoms with Gasteiger partial charge in [0.05, 0.1) is 5.54 Å². The number of hydrogen-bond acceptors (Lipinski definition) is 4. The molecule has 1 aliphatic rings. The van der Waals surface area contributed by atoms with E-state index in [2.05, 4.69) is 22.2 Å². The summed E-state index contributed by atoms with van der Waals surface area (Å²) in [6.07, 6.45) is 4.62. The van der Waals surface area contributed by atoms with E-state index in [4.69, 9.17) is 4.74 Å². The number of carbonyl (C=O) groups is 1. The minimum Gasteiger partial charge on any atom is -0.475 e. The van der Waals surface area contributed by atoms with Gasteiger partial charge < -0.3 is 15.0 Å². The highest BCUT2D eigenvalue weighted by Gasteiger charge is 2.27. The number of hydrogen-bond donors (Lipinski definition) is 1. The molecule has 2 rings (SSSR count). The Morgan fingerprint density at radius 2 is 2.27 bits per heavy atom. The maximum atomic E-state index is 12.2. The third kappa shape index (κ3) is 4.98. The molecule has 1 unspecified atom stereocenters. The molecule has 0 spiro atoms. The number of amides is 1. The molecular formula is C17H27N3O2. The van der Waals surface area contributed by atoms with Gasteiger partial charge in [0.15, 0.2) is 0 Å². The van der Waals surface area contributed by atoms with Crippen molar-refractivity contribution in [2.24, 2.45) is 0 Å². The highest BCUT2D eigenvalue weighted by molar-refractivity contribution is 5.77. The molecule has 1 saturated heterocycles. The second-order valence-corrected chi connectivity index (χ2v) is 6.88. The Kier molecular flexibility index (Phi) is 5.40. The van der Waals surface area contributed by atoms with Crippen LogP contribution in [0.4, 0.5) is 0 Å². The number of carbonyl (C=O) groups excluding carboxylic acids is 1. The van der Waals surface area contributed by atoms with E-state index in [0.29, 0.717) is 24.9 Å². The van der Waals surface area contributed by atoms with Crippen molar-refractivity contribution in [3.63, 3.8) is 0 Å². The van der Waals surface area contributed by atoms with Crippen LogP contribution in [-0.4, -0.2) is 47.6 Å². The third-order valence-corrected chi connectivity index (χ3v) is 4.04. The number of aromatic nitrogens is 1. The standard InChI is InChI=1S/C17H27N3O2/c1-13-7-8-16(18-11-13)22-12-17(2,3)19-15(21)10-14-6-5-9-20(14)4/h7-8,11,14H,5-6,9-10,12H2,1-4H3,(H,19,21). The topological polar surface area (TPSA) is 54.5 Å². The Balaban J connectivity index is 1.79. The summed E-state index contributed by atoms with van der Waals surface area (Å²) in [5.41, 5.74) is 0.682. The van der Waals surface area contributed by atoms with E-state index < -0.39 is 5.54 Å². The lowest BCUT2D eigenvalue weighted by atomic mass is 10.1. The van der Waals surface area contributed by atoms with E-state index in [1.807, 2.05) is 32.9 Å². The molecule has 0 aromatic carbocycles. The molecule has 1 atom stereocenters. The highest BCUT2D eigenvalue weighted by atomic mass is 16.5. The van der Waals surface area contributed by atoms with Crippen LogP contribution >= 0.6 is 0 Å². The molecule has 0 bridgehead atoms. The van der Waals surface area contributed by atoms with Crippen molar-refractivity contribution in [1.29, 1.82) is 0 Å². The van der Waals surface area contributed by atoms with Crippen molar-refractivity contribution in [2.45, 2.75) is 51.6 Å². The first-order chi connectivity index (χ1) is 10.4. The molecule has 0 radical (unpaired) electrons. The Hall–Kier alpha value is -1.62. The SMILES string of the molecule is Cc1ccc(OCC(C)(C)NC(=O)CC2CCCN2C)nc1. The molecule has 1 N–H and O–H groups in total. The first-order valence-corrected chi connectivity index (χ1v) is 7.92. The van der Waals surface area contributed by atoms with Crippen LogP contribution < -0.4 is 10.1 Å². The van der Waals surface area contributed by atoms with Crippen LogP contribution in [-0.2, 0) is 4.79 Å². The van der Waals surface area contributed by atoms with Crippen molar-refractivity contribution in [3.8, 4) is 5.88 Å². The van der Waals surface area contributed by atoms with Crippen molar-refractivity contribution < 1.29 is 9.53 Å². The maximum Gasteiger partial charge on any atom is 0.222 e. The van der Waals surface area contributed by atoms with Crippen LogP contribution in [0.2, 0.25) is 0 Å². The van der Waals surface area contributed by atoms with Crippen LogP contribution in [0.25, 0.3) is 0 Å². The fourth-order valence-electron chi connectivity index (χ4n) is 2.71. The Morgan fingerprint density at radius 1 is 1.50 bits per heavy atom. The third-order valence-electron chi connectivity index (χ3n) is 4.04. The summed E-state index contributed by atoms with van der Waals surface area (Å²) < 4.78 is 5.68. The zero-order chi connectivity index (χ0) is 16.2. The van der Waals surface area contributed by atoms with E-state index in [1.54, 1.807) is 6.20 Å². The number of ether oxygens (including phenoxy) is 1. The van der Waals surface area contributed by atoms with Gasteiger partial charge in [0, 0.05) is 24.7 Å². The minimum atomic E-state index is -0.416. The number of rotatable bonds is 6. The van der Waals surface area contributed by atoms with E-state index in [0.717, 1.165) is 18.5 Å². The van der Waals surface area contributed by atoms with Crippen LogP contribution in [0, 0.1) is 6.92 Å². The molecule has 1 aromatic heterocycles. The number of likely N-dealkylation sites (tertiary alicyclic amines) is 1. The Morgan fingerprint density at radius 3 is 2.86 bits per heavy atom. The largest absolute Gasteiger partial charge is 0.475 e. The molecule has 1 amide bonds. The molecule has 1 aromatic rings. The van der Waals surface area contributed by atoms with Gasteiger partial charge in [-0.05, 0) is 52.8 Å². The summed E-state index contributed by atoms with van der Waals surface area (Å²) in [4.78, 5) is 18.7. The maximum absolute atomic E-state index is 12.2. The molecule has 0 aliphatic carbocycles. The molecule has 1 fully saturated rings. The fourth-order valence-corrected chi connectivity index (χ4v) is 2.71. The van der Waals surface area contributed by atoms with Crippen LogP contribution in [0.1, 0.15) is 38.7 Å². The van der Waals surface area contributed by atoms with Gasteiger partial charge in [0.1, 0.15) is 6.61 Å². The molecular weight excluding hydrogens is 278 g/mol. The summed E-state index contributed by atoms with van der Waals surface area (Å²) in [6, 6.07) is 4.18. The minimum absolute atomic E-state index is 0.0872. The molecule has 0 saturated carbocycles. The van der Waals surface area contributed by atoms with Crippen LogP contribution in [0.5, 0.6) is 5.88 Å². The average molecular weight is 305 g/mol. The van der Waals surface area contributed by atoms with E-state index in [-0.39, 0.29) is 5.91 Å². The van der Waals surface area contributed by atoms with Gasteiger partial charge >= 0.3 is 0 Å². The van der Waals surface area contributed by atoms with Gasteiger partial charge in [-0.1, -0.05) is 6.07 Å². The predicted octanol–water partition coefficient (Wildman–Crippen LogP) is 2.15. The summed E-state index contributed by atoms with van der Waals surface area (Å²) >= 11 is 0. The van der Waals surface area contributed by atoms with Crippen molar-refractivity contribution in [1.82, 2.24) is 15.2 Å². The smallest absolute Gasteiger partial charge is 0.222 e. The first-order valence-electron chi connectivity index (χ1n) is 7.92. The van der Waals surface area contributed by atoms with Crippen LogP contribution in [0.3, 0.4) is 0 Å². The fraction of sp³-hybridized carbons (Fsp3) is 0.647. The number of nitrogens with zero attached hydrogens (tertiary/aromatic N) is 2. The van der Waals surface area contributed by atoms with Crippen molar-refractivity contribution >= 4 is 5.91 Å². The van der Waals surface area contributed by atoms with Gasteiger partial charge in [-0.25, -0.2) is 4.98 Å². The number of aryl methyl sites for hydroxylation is 1. The lowest BCUT2D eigenvalue weighted by Gasteiger charge is -2.27. The molecule has 5 nitrogen and oxygen atoms in total. The van der Waals surface area contributed by atoms with Crippen LogP contribution in [0.15, 0.2) is 18.3 Å². The highest BCUT2D eigenvalue weighted by Crippen LogP contribution is 2.18. The van der Waals surface area contributed by atoms with Crippen molar-refractivity contribution in [3.05, 3.63) is 23.9 Å². The lowest BCUT2D eigenvalue weighted by molar-refractivity contribution is -0.124. The number of pyridine rings is 1. The first kappa shape index (κ1) is 16.7. The molecule has 22 heavy (non-hydrogen) atoms. The van der Waals surface area contributed by atoms with E-state index in [9.17, 15) is 4.79 Å². The lowest BCUT2D eigenvalue weighted by Crippen LogP contribution is -2.49. The second-order valence-electron chi connectivity index (χ2n) is 6.88. The predicted molar refractivity (Wildman–Crippen MR) is 87.0 cm³/mol. The molecule has 1 aliphatic heterocycles. The molecule has 5 heteroatoms. The van der Waals surface area contributed by atoms with E-state index in [1.165, 1.54) is 6.42 Å². The van der Waals surface area contributed by atoms with Gasteiger partial charge in [-0.15, -0.1) is 0 Å². The van der Waals surface area contributed by atoms with Gasteiger partial charge in [-0.3, -0.25) is 4.79 Å². The van der Waals surface area contributed by atoms with Gasteiger partial charge in [0.25, 0.3) is 0 Å². The second kappa shape index (κ2) is 7.09. The summed E-state index contributed by atoms with van der Waals surface area (Å²) in [6.45, 7) is 7.41. The Bertz CT molecular complexity index is 499. The summed E-state index contributed by atoms with van der Waals surface area (Å²) in [7, 11) is 2.09. The normalized spacial score (nSPS) is 19.2.